The number of aryl methyl sites for hydroxylation is 2. The van der Waals surface area contributed by atoms with E-state index in [-0.39, 0.29) is 0 Å². The van der Waals surface area contributed by atoms with Gasteiger partial charge >= 0.3 is 0 Å². The van der Waals surface area contributed by atoms with Crippen molar-refractivity contribution in [2.75, 3.05) is 6.26 Å². The second kappa shape index (κ2) is 15.5. The third kappa shape index (κ3) is 10.4. The zero-order valence-corrected chi connectivity index (χ0v) is 13.0. The summed E-state index contributed by atoms with van der Waals surface area (Å²) < 4.78 is 1.95. The average Bonchev–Trinajstić information content (AvgIpc) is 2.86. The van der Waals surface area contributed by atoms with Crippen LogP contribution in [0.1, 0.15) is 59.1 Å². The van der Waals surface area contributed by atoms with Crippen molar-refractivity contribution >= 4 is 12.6 Å². The van der Waals surface area contributed by atoms with Crippen molar-refractivity contribution in [3.63, 3.8) is 0 Å². The molecular weight excluding hydrogens is 230 g/mol. The predicted octanol–water partition coefficient (Wildman–Crippen LogP) is 3.99. The van der Waals surface area contributed by atoms with E-state index in [9.17, 15) is 0 Å². The van der Waals surface area contributed by atoms with E-state index >= 15 is 0 Å². The molecule has 0 spiro atoms. The first-order valence-corrected chi connectivity index (χ1v) is 7.60. The topological polar surface area (TPSA) is 30.7 Å². The van der Waals surface area contributed by atoms with Gasteiger partial charge in [-0.1, -0.05) is 45.7 Å². The van der Waals surface area contributed by atoms with Gasteiger partial charge in [0, 0.05) is 12.7 Å². The summed E-state index contributed by atoms with van der Waals surface area (Å²) in [7, 11) is 0. The van der Waals surface area contributed by atoms with Crippen LogP contribution >= 0.6 is 12.6 Å². The second-order valence-corrected chi connectivity index (χ2v) is 3.43. The molecule has 1 aromatic heterocycles. The molecule has 1 heterocycles. The molecule has 0 amide bonds. The minimum absolute atomic E-state index is 1.01. The molecule has 0 bridgehead atoms. The Morgan fingerprint density at radius 1 is 1.12 bits per heavy atom. The molecule has 1 rings (SSSR count). The SMILES string of the molecule is CC.CCCCc1cn(CCCC)nn1.CS. The molecule has 0 saturated heterocycles. The van der Waals surface area contributed by atoms with Crippen LogP contribution in [0.4, 0.5) is 0 Å². The van der Waals surface area contributed by atoms with Crippen LogP contribution < -0.4 is 0 Å². The Hall–Kier alpha value is -0.510. The van der Waals surface area contributed by atoms with Crippen molar-refractivity contribution in [2.24, 2.45) is 0 Å². The highest BCUT2D eigenvalue weighted by Crippen LogP contribution is 2.01. The van der Waals surface area contributed by atoms with Gasteiger partial charge in [0.05, 0.1) is 5.69 Å². The summed E-state index contributed by atoms with van der Waals surface area (Å²) in [6, 6.07) is 0. The van der Waals surface area contributed by atoms with Crippen LogP contribution in [0, 0.1) is 0 Å². The fourth-order valence-electron chi connectivity index (χ4n) is 1.24. The third-order valence-electron chi connectivity index (χ3n) is 2.11. The molecule has 0 aliphatic carbocycles. The van der Waals surface area contributed by atoms with Gasteiger partial charge in [-0.2, -0.15) is 12.6 Å². The van der Waals surface area contributed by atoms with E-state index in [0.717, 1.165) is 18.7 Å². The number of unbranched alkanes of at least 4 members (excludes halogenated alkanes) is 2. The lowest BCUT2D eigenvalue weighted by atomic mass is 10.2. The van der Waals surface area contributed by atoms with E-state index in [2.05, 4.69) is 43.0 Å². The summed E-state index contributed by atoms with van der Waals surface area (Å²) in [5.74, 6) is 0. The zero-order valence-electron chi connectivity index (χ0n) is 12.1. The molecule has 0 aromatic carbocycles. The van der Waals surface area contributed by atoms with Crippen molar-refractivity contribution in [1.82, 2.24) is 15.0 Å². The maximum Gasteiger partial charge on any atom is 0.0827 e. The van der Waals surface area contributed by atoms with E-state index in [0.29, 0.717) is 0 Å². The van der Waals surface area contributed by atoms with Crippen LogP contribution in [0.2, 0.25) is 0 Å². The molecule has 0 aliphatic rings. The molecule has 0 atom stereocenters. The summed E-state index contributed by atoms with van der Waals surface area (Å²) in [6.45, 7) is 9.39. The smallest absolute Gasteiger partial charge is 0.0827 e. The summed E-state index contributed by atoms with van der Waals surface area (Å²) in [5.41, 5.74) is 1.14. The quantitative estimate of drug-likeness (QED) is 0.783. The molecule has 102 valence electrons. The Morgan fingerprint density at radius 3 is 2.24 bits per heavy atom. The fourth-order valence-corrected chi connectivity index (χ4v) is 1.24. The van der Waals surface area contributed by atoms with E-state index in [4.69, 9.17) is 0 Å². The maximum atomic E-state index is 4.12. The Bertz CT molecular complexity index is 214. The minimum atomic E-state index is 1.01. The van der Waals surface area contributed by atoms with Crippen molar-refractivity contribution in [3.05, 3.63) is 11.9 Å². The van der Waals surface area contributed by atoms with Gasteiger partial charge in [-0.15, -0.1) is 5.10 Å². The summed E-state index contributed by atoms with van der Waals surface area (Å²) in [4.78, 5) is 0. The molecule has 0 unspecified atom stereocenters. The van der Waals surface area contributed by atoms with E-state index in [1.54, 1.807) is 6.26 Å². The predicted molar refractivity (Wildman–Crippen MR) is 79.8 cm³/mol. The molecule has 0 fully saturated rings. The van der Waals surface area contributed by atoms with Gasteiger partial charge in [0.2, 0.25) is 0 Å². The van der Waals surface area contributed by atoms with Gasteiger partial charge in [-0.3, -0.25) is 4.68 Å². The molecule has 4 heteroatoms. The minimum Gasteiger partial charge on any atom is -0.252 e. The number of thiol groups is 1. The van der Waals surface area contributed by atoms with E-state index in [1.807, 2.05) is 18.5 Å². The Morgan fingerprint density at radius 2 is 1.71 bits per heavy atom. The molecule has 17 heavy (non-hydrogen) atoms. The van der Waals surface area contributed by atoms with Crippen LogP contribution in [0.15, 0.2) is 6.20 Å². The highest BCUT2D eigenvalue weighted by molar-refractivity contribution is 7.79. The average molecular weight is 259 g/mol. The molecule has 0 aliphatic heterocycles. The van der Waals surface area contributed by atoms with Crippen LogP contribution in [0.3, 0.4) is 0 Å². The Labute approximate surface area is 112 Å². The van der Waals surface area contributed by atoms with Crippen LogP contribution in [0.25, 0.3) is 0 Å². The monoisotopic (exact) mass is 259 g/mol. The van der Waals surface area contributed by atoms with Crippen molar-refractivity contribution in [2.45, 2.75) is 66.3 Å². The third-order valence-corrected chi connectivity index (χ3v) is 2.11. The number of hydrogen-bond acceptors (Lipinski definition) is 3. The Kier molecular flexibility index (Phi) is 17.2. The van der Waals surface area contributed by atoms with Gasteiger partial charge in [0.1, 0.15) is 0 Å². The molecule has 3 nitrogen and oxygen atoms in total. The highest BCUT2D eigenvalue weighted by Gasteiger charge is 1.98. The molecular formula is C13H29N3S. The number of rotatable bonds is 6. The number of nitrogens with zero attached hydrogens (tertiary/aromatic N) is 3. The Balaban J connectivity index is 0. The standard InChI is InChI=1S/C10H19N3.C2H6.CH4S/c1-3-5-7-10-9-13(12-11-10)8-6-4-2;2*1-2/h9H,3-8H2,1-2H3;1-2H3;2H,1H3. The first kappa shape index (κ1) is 18.8. The van der Waals surface area contributed by atoms with Crippen molar-refractivity contribution in [1.29, 1.82) is 0 Å². The van der Waals surface area contributed by atoms with E-state index in [1.165, 1.54) is 25.7 Å². The summed E-state index contributed by atoms with van der Waals surface area (Å²) in [6.07, 6.45) is 9.68. The zero-order chi connectivity index (χ0) is 13.5. The summed E-state index contributed by atoms with van der Waals surface area (Å²) in [5, 5.41) is 8.19. The first-order chi connectivity index (χ1) is 8.36. The lowest BCUT2D eigenvalue weighted by molar-refractivity contribution is 0.553. The van der Waals surface area contributed by atoms with Crippen LogP contribution in [0.5, 0.6) is 0 Å². The van der Waals surface area contributed by atoms with E-state index < -0.39 is 0 Å². The van der Waals surface area contributed by atoms with Crippen molar-refractivity contribution in [3.8, 4) is 0 Å². The van der Waals surface area contributed by atoms with Gasteiger partial charge < -0.3 is 0 Å². The fraction of sp³-hybridized carbons (Fsp3) is 0.846. The number of aromatic nitrogens is 3. The summed E-state index contributed by atoms with van der Waals surface area (Å²) >= 11 is 3.53. The highest BCUT2D eigenvalue weighted by atomic mass is 32.1. The molecule has 1 aromatic rings. The van der Waals surface area contributed by atoms with Gasteiger partial charge in [-0.05, 0) is 25.5 Å². The number of hydrogen-bond donors (Lipinski definition) is 1. The van der Waals surface area contributed by atoms with Gasteiger partial charge in [-0.25, -0.2) is 0 Å². The molecule has 0 N–H and O–H groups in total. The maximum absolute atomic E-state index is 4.12. The van der Waals surface area contributed by atoms with Gasteiger partial charge in [0.15, 0.2) is 0 Å². The molecule has 0 radical (unpaired) electrons. The van der Waals surface area contributed by atoms with Crippen LogP contribution in [-0.2, 0) is 13.0 Å². The van der Waals surface area contributed by atoms with Crippen molar-refractivity contribution < 1.29 is 0 Å². The second-order valence-electron chi connectivity index (χ2n) is 3.43. The normalized spacial score (nSPS) is 8.82. The van der Waals surface area contributed by atoms with Crippen LogP contribution in [-0.4, -0.2) is 21.2 Å². The largest absolute Gasteiger partial charge is 0.252 e. The first-order valence-electron chi connectivity index (χ1n) is 6.70. The van der Waals surface area contributed by atoms with Gasteiger partial charge in [0.25, 0.3) is 0 Å². The molecule has 0 saturated carbocycles. The lowest BCUT2D eigenvalue weighted by Crippen LogP contribution is -1.97. The lowest BCUT2D eigenvalue weighted by Gasteiger charge is -1.95.